The molecule has 0 bridgehead atoms. The van der Waals surface area contributed by atoms with Crippen LogP contribution in [0.2, 0.25) is 0 Å². The molecule has 1 saturated heterocycles. The molecule has 0 spiro atoms. The van der Waals surface area contributed by atoms with Gasteiger partial charge in [0, 0.05) is 5.56 Å². The van der Waals surface area contributed by atoms with Crippen LogP contribution in [0.15, 0.2) is 52.4 Å². The van der Waals surface area contributed by atoms with E-state index in [0.717, 1.165) is 33.9 Å². The van der Waals surface area contributed by atoms with E-state index in [1.807, 2.05) is 28.8 Å². The maximum absolute atomic E-state index is 11.6. The fraction of sp³-hybridized carbons (Fsp3) is 0.0625. The van der Waals surface area contributed by atoms with Crippen molar-refractivity contribution in [2.45, 2.75) is 6.54 Å². The summed E-state index contributed by atoms with van der Waals surface area (Å²) in [5.74, 6) is -0.355. The number of imide groups is 1. The third-order valence-corrected chi connectivity index (χ3v) is 4.33. The molecule has 7 heteroatoms. The number of fused-ring (bicyclic) bond motifs is 1. The molecule has 2 amide bonds. The van der Waals surface area contributed by atoms with Crippen LogP contribution < -0.4 is 5.32 Å². The van der Waals surface area contributed by atoms with E-state index in [-0.39, 0.29) is 11.1 Å². The first-order valence-electron chi connectivity index (χ1n) is 6.90. The maximum atomic E-state index is 11.6. The van der Waals surface area contributed by atoms with Gasteiger partial charge >= 0.3 is 0 Å². The lowest BCUT2D eigenvalue weighted by Crippen LogP contribution is -2.17. The number of thioether (sulfide) groups is 1. The van der Waals surface area contributed by atoms with Gasteiger partial charge in [-0.15, -0.1) is 0 Å². The van der Waals surface area contributed by atoms with E-state index in [4.69, 9.17) is 4.42 Å². The zero-order chi connectivity index (χ0) is 15.8. The van der Waals surface area contributed by atoms with Gasteiger partial charge < -0.3 is 8.98 Å². The molecule has 0 unspecified atom stereocenters. The molecule has 4 rings (SSSR count). The Morgan fingerprint density at radius 1 is 1.30 bits per heavy atom. The van der Waals surface area contributed by atoms with Crippen molar-refractivity contribution in [2.75, 3.05) is 0 Å². The third-order valence-electron chi connectivity index (χ3n) is 3.52. The first-order valence-corrected chi connectivity index (χ1v) is 7.71. The summed E-state index contributed by atoms with van der Waals surface area (Å²) in [6.45, 7) is 0.654. The number of nitrogens with zero attached hydrogens (tertiary/aromatic N) is 2. The fourth-order valence-corrected chi connectivity index (χ4v) is 3.12. The number of furan rings is 1. The van der Waals surface area contributed by atoms with Crippen LogP contribution in [0, 0.1) is 0 Å². The van der Waals surface area contributed by atoms with E-state index < -0.39 is 0 Å². The van der Waals surface area contributed by atoms with Crippen LogP contribution in [0.4, 0.5) is 4.79 Å². The predicted octanol–water partition coefficient (Wildman–Crippen LogP) is 3.00. The van der Waals surface area contributed by atoms with Crippen LogP contribution >= 0.6 is 11.8 Å². The van der Waals surface area contributed by atoms with Gasteiger partial charge in [-0.25, -0.2) is 4.98 Å². The molecule has 2 aromatic heterocycles. The molecule has 6 nitrogen and oxygen atoms in total. The molecule has 3 aromatic rings. The summed E-state index contributed by atoms with van der Waals surface area (Å²) in [6.07, 6.45) is 6.81. The van der Waals surface area contributed by atoms with E-state index in [9.17, 15) is 9.59 Å². The summed E-state index contributed by atoms with van der Waals surface area (Å²) >= 11 is 0.911. The monoisotopic (exact) mass is 325 g/mol. The van der Waals surface area contributed by atoms with Crippen molar-refractivity contribution >= 4 is 40.0 Å². The van der Waals surface area contributed by atoms with E-state index in [1.54, 1.807) is 24.9 Å². The summed E-state index contributed by atoms with van der Waals surface area (Å²) in [5.41, 5.74) is 3.72. The SMILES string of the molecule is O=C1NC(=O)C(=Cc2ccc3ncn(Cc4ccoc4)c3c2)S1. The average Bonchev–Trinajstić information content (AvgIpc) is 3.23. The third kappa shape index (κ3) is 2.66. The van der Waals surface area contributed by atoms with Crippen molar-refractivity contribution in [3.8, 4) is 0 Å². The molecular formula is C16H11N3O3S. The Hall–Kier alpha value is -2.80. The summed E-state index contributed by atoms with van der Waals surface area (Å²) in [6, 6.07) is 7.63. The molecule has 3 heterocycles. The minimum atomic E-state index is -0.355. The lowest BCUT2D eigenvalue weighted by atomic mass is 10.2. The summed E-state index contributed by atoms with van der Waals surface area (Å²) in [5, 5.41) is 1.91. The smallest absolute Gasteiger partial charge is 0.290 e. The molecule has 0 saturated carbocycles. The number of benzene rings is 1. The van der Waals surface area contributed by atoms with Gasteiger partial charge in [-0.3, -0.25) is 14.9 Å². The standard InChI is InChI=1S/C16H11N3O3S/c20-15-14(23-16(21)18-15)6-10-1-2-12-13(5-10)19(9-17-12)7-11-3-4-22-8-11/h1-6,8-9H,7H2,(H,18,20,21). The minimum absolute atomic E-state index is 0.340. The van der Waals surface area contributed by atoms with E-state index in [1.165, 1.54) is 0 Å². The first-order chi connectivity index (χ1) is 11.2. The van der Waals surface area contributed by atoms with Gasteiger partial charge in [0.25, 0.3) is 11.1 Å². The number of nitrogens with one attached hydrogen (secondary N) is 1. The summed E-state index contributed by atoms with van der Waals surface area (Å²) in [4.78, 5) is 27.6. The van der Waals surface area contributed by atoms with Crippen LogP contribution in [-0.2, 0) is 11.3 Å². The minimum Gasteiger partial charge on any atom is -0.472 e. The second-order valence-corrected chi connectivity index (χ2v) is 6.12. The Balaban J connectivity index is 1.71. The number of imidazole rings is 1. The quantitative estimate of drug-likeness (QED) is 0.749. The molecule has 1 aliphatic heterocycles. The molecule has 23 heavy (non-hydrogen) atoms. The largest absolute Gasteiger partial charge is 0.472 e. The molecule has 1 fully saturated rings. The van der Waals surface area contributed by atoms with Crippen molar-refractivity contribution in [1.82, 2.24) is 14.9 Å². The van der Waals surface area contributed by atoms with Crippen molar-refractivity contribution in [3.63, 3.8) is 0 Å². The number of hydrogen-bond acceptors (Lipinski definition) is 5. The zero-order valence-electron chi connectivity index (χ0n) is 11.9. The summed E-state index contributed by atoms with van der Waals surface area (Å²) in [7, 11) is 0. The lowest BCUT2D eigenvalue weighted by Gasteiger charge is -2.03. The molecule has 114 valence electrons. The van der Waals surface area contributed by atoms with Gasteiger partial charge in [-0.2, -0.15) is 0 Å². The number of carbonyl (C=O) groups is 2. The number of amides is 2. The van der Waals surface area contributed by atoms with Gasteiger partial charge in [0.2, 0.25) is 0 Å². The molecule has 0 aliphatic carbocycles. The summed E-state index contributed by atoms with van der Waals surface area (Å²) < 4.78 is 7.10. The Morgan fingerprint density at radius 2 is 2.22 bits per heavy atom. The van der Waals surface area contributed by atoms with Gasteiger partial charge in [-0.05, 0) is 41.6 Å². The molecule has 1 aromatic carbocycles. The van der Waals surface area contributed by atoms with Gasteiger partial charge in [0.05, 0.1) is 41.3 Å². The Morgan fingerprint density at radius 3 is 2.96 bits per heavy atom. The number of hydrogen-bond donors (Lipinski definition) is 1. The number of carbonyl (C=O) groups excluding carboxylic acids is 2. The maximum Gasteiger partial charge on any atom is 0.290 e. The van der Waals surface area contributed by atoms with Crippen LogP contribution in [0.1, 0.15) is 11.1 Å². The molecular weight excluding hydrogens is 314 g/mol. The fourth-order valence-electron chi connectivity index (χ4n) is 2.44. The van der Waals surface area contributed by atoms with Crippen LogP contribution in [-0.4, -0.2) is 20.7 Å². The van der Waals surface area contributed by atoms with Crippen molar-refractivity contribution in [2.24, 2.45) is 0 Å². The molecule has 0 atom stereocenters. The molecule has 1 N–H and O–H groups in total. The Bertz CT molecular complexity index is 941. The van der Waals surface area contributed by atoms with E-state index in [0.29, 0.717) is 11.4 Å². The van der Waals surface area contributed by atoms with Gasteiger partial charge in [0.15, 0.2) is 0 Å². The highest BCUT2D eigenvalue weighted by atomic mass is 32.2. The Labute approximate surface area is 135 Å². The Kier molecular flexibility index (Phi) is 3.27. The highest BCUT2D eigenvalue weighted by molar-refractivity contribution is 8.18. The van der Waals surface area contributed by atoms with Crippen molar-refractivity contribution < 1.29 is 14.0 Å². The van der Waals surface area contributed by atoms with Crippen molar-refractivity contribution in [1.29, 1.82) is 0 Å². The first kappa shape index (κ1) is 13.8. The van der Waals surface area contributed by atoms with Crippen LogP contribution in [0.25, 0.3) is 17.1 Å². The van der Waals surface area contributed by atoms with Crippen LogP contribution in [0.3, 0.4) is 0 Å². The van der Waals surface area contributed by atoms with Crippen LogP contribution in [0.5, 0.6) is 0 Å². The zero-order valence-corrected chi connectivity index (χ0v) is 12.7. The molecule has 0 radical (unpaired) electrons. The topological polar surface area (TPSA) is 77.1 Å². The van der Waals surface area contributed by atoms with E-state index >= 15 is 0 Å². The normalized spacial score (nSPS) is 16.4. The van der Waals surface area contributed by atoms with Gasteiger partial charge in [-0.1, -0.05) is 6.07 Å². The van der Waals surface area contributed by atoms with E-state index in [2.05, 4.69) is 10.3 Å². The number of aromatic nitrogens is 2. The second kappa shape index (κ2) is 5.44. The second-order valence-electron chi connectivity index (χ2n) is 5.10. The lowest BCUT2D eigenvalue weighted by molar-refractivity contribution is -0.115. The average molecular weight is 325 g/mol. The number of rotatable bonds is 3. The van der Waals surface area contributed by atoms with Gasteiger partial charge in [0.1, 0.15) is 0 Å². The molecule has 1 aliphatic rings. The predicted molar refractivity (Wildman–Crippen MR) is 86.6 cm³/mol. The van der Waals surface area contributed by atoms with Crippen molar-refractivity contribution in [3.05, 3.63) is 59.2 Å². The highest BCUT2D eigenvalue weighted by Crippen LogP contribution is 2.26. The highest BCUT2D eigenvalue weighted by Gasteiger charge is 2.24.